The Kier molecular flexibility index (Phi) is 5.84. The lowest BCUT2D eigenvalue weighted by Crippen LogP contribution is -2.25. The molecule has 1 N–H and O–H groups in total. The summed E-state index contributed by atoms with van der Waals surface area (Å²) in [6, 6.07) is 15.2. The van der Waals surface area contributed by atoms with Crippen molar-refractivity contribution in [3.63, 3.8) is 0 Å². The van der Waals surface area contributed by atoms with E-state index in [1.165, 1.54) is 22.3 Å². The quantitative estimate of drug-likeness (QED) is 0.769. The SMILES string of the molecule is CCCNC(Cc1cccc(C)c1)c1cccc(Cl)c1C. The van der Waals surface area contributed by atoms with E-state index in [1.807, 2.05) is 12.1 Å². The molecule has 2 aromatic rings. The van der Waals surface area contributed by atoms with Crippen molar-refractivity contribution < 1.29 is 0 Å². The summed E-state index contributed by atoms with van der Waals surface area (Å²) in [7, 11) is 0. The van der Waals surface area contributed by atoms with Gasteiger partial charge in [0.2, 0.25) is 0 Å². The van der Waals surface area contributed by atoms with Crippen molar-refractivity contribution in [2.75, 3.05) is 6.54 Å². The Morgan fingerprint density at radius 2 is 1.86 bits per heavy atom. The number of hydrogen-bond donors (Lipinski definition) is 1. The highest BCUT2D eigenvalue weighted by atomic mass is 35.5. The van der Waals surface area contributed by atoms with E-state index in [1.54, 1.807) is 0 Å². The van der Waals surface area contributed by atoms with E-state index in [0.717, 1.165) is 24.4 Å². The Labute approximate surface area is 133 Å². The van der Waals surface area contributed by atoms with Crippen molar-refractivity contribution in [3.05, 3.63) is 69.7 Å². The first-order valence-corrected chi connectivity index (χ1v) is 8.03. The predicted octanol–water partition coefficient (Wildman–Crippen LogP) is 5.24. The smallest absolute Gasteiger partial charge is 0.0438 e. The third kappa shape index (κ3) is 4.33. The Hall–Kier alpha value is -1.31. The molecule has 0 fully saturated rings. The largest absolute Gasteiger partial charge is 0.310 e. The fourth-order valence-electron chi connectivity index (χ4n) is 2.69. The van der Waals surface area contributed by atoms with Gasteiger partial charge >= 0.3 is 0 Å². The molecular weight excluding hydrogens is 278 g/mol. The van der Waals surface area contributed by atoms with Crippen molar-refractivity contribution in [2.45, 2.75) is 39.7 Å². The van der Waals surface area contributed by atoms with E-state index in [2.05, 4.69) is 56.4 Å². The van der Waals surface area contributed by atoms with Crippen LogP contribution < -0.4 is 5.32 Å². The molecule has 1 atom stereocenters. The highest BCUT2D eigenvalue weighted by Crippen LogP contribution is 2.27. The molecular formula is C19H24ClN. The molecule has 0 aliphatic rings. The third-order valence-electron chi connectivity index (χ3n) is 3.85. The molecule has 2 aromatic carbocycles. The van der Waals surface area contributed by atoms with Gasteiger partial charge in [-0.15, -0.1) is 0 Å². The van der Waals surface area contributed by atoms with Gasteiger partial charge in [0.25, 0.3) is 0 Å². The lowest BCUT2D eigenvalue weighted by atomic mass is 9.94. The molecule has 1 nitrogen and oxygen atoms in total. The monoisotopic (exact) mass is 301 g/mol. The van der Waals surface area contributed by atoms with Crippen molar-refractivity contribution >= 4 is 11.6 Å². The summed E-state index contributed by atoms with van der Waals surface area (Å²) in [5.41, 5.74) is 5.16. The van der Waals surface area contributed by atoms with E-state index in [0.29, 0.717) is 6.04 Å². The highest BCUT2D eigenvalue weighted by molar-refractivity contribution is 6.31. The Morgan fingerprint density at radius 3 is 2.57 bits per heavy atom. The molecule has 0 aliphatic carbocycles. The third-order valence-corrected chi connectivity index (χ3v) is 4.26. The maximum atomic E-state index is 6.29. The van der Waals surface area contributed by atoms with Crippen LogP contribution in [-0.4, -0.2) is 6.54 Å². The maximum Gasteiger partial charge on any atom is 0.0438 e. The van der Waals surface area contributed by atoms with Crippen LogP contribution in [0, 0.1) is 13.8 Å². The average molecular weight is 302 g/mol. The molecule has 0 aliphatic heterocycles. The van der Waals surface area contributed by atoms with Crippen LogP contribution in [0.4, 0.5) is 0 Å². The Morgan fingerprint density at radius 1 is 1.10 bits per heavy atom. The zero-order chi connectivity index (χ0) is 15.2. The van der Waals surface area contributed by atoms with Crippen molar-refractivity contribution in [1.29, 1.82) is 0 Å². The van der Waals surface area contributed by atoms with Gasteiger partial charge in [-0.1, -0.05) is 60.5 Å². The molecule has 0 heterocycles. The fourth-order valence-corrected chi connectivity index (χ4v) is 2.87. The zero-order valence-electron chi connectivity index (χ0n) is 13.1. The molecule has 0 aromatic heterocycles. The highest BCUT2D eigenvalue weighted by Gasteiger charge is 2.15. The summed E-state index contributed by atoms with van der Waals surface area (Å²) < 4.78 is 0. The summed E-state index contributed by atoms with van der Waals surface area (Å²) in [4.78, 5) is 0. The second-order valence-electron chi connectivity index (χ2n) is 5.65. The van der Waals surface area contributed by atoms with Gasteiger partial charge in [0, 0.05) is 11.1 Å². The number of benzene rings is 2. The van der Waals surface area contributed by atoms with Crippen molar-refractivity contribution in [3.8, 4) is 0 Å². The summed E-state index contributed by atoms with van der Waals surface area (Å²) >= 11 is 6.29. The van der Waals surface area contributed by atoms with Crippen molar-refractivity contribution in [2.24, 2.45) is 0 Å². The molecule has 2 rings (SSSR count). The number of halogens is 1. The lowest BCUT2D eigenvalue weighted by Gasteiger charge is -2.22. The fraction of sp³-hybridized carbons (Fsp3) is 0.368. The van der Waals surface area contributed by atoms with E-state index in [9.17, 15) is 0 Å². The van der Waals surface area contributed by atoms with E-state index in [4.69, 9.17) is 11.6 Å². The lowest BCUT2D eigenvalue weighted by molar-refractivity contribution is 0.527. The minimum Gasteiger partial charge on any atom is -0.310 e. The number of hydrogen-bond acceptors (Lipinski definition) is 1. The number of nitrogens with one attached hydrogen (secondary N) is 1. The molecule has 0 saturated heterocycles. The summed E-state index contributed by atoms with van der Waals surface area (Å²) in [5.74, 6) is 0. The number of aryl methyl sites for hydroxylation is 1. The first kappa shape index (κ1) is 16.1. The molecule has 0 bridgehead atoms. The first-order chi connectivity index (χ1) is 10.1. The second kappa shape index (κ2) is 7.63. The van der Waals surface area contributed by atoms with Gasteiger partial charge in [-0.05, 0) is 56.0 Å². The van der Waals surface area contributed by atoms with Gasteiger partial charge in [0.05, 0.1) is 0 Å². The van der Waals surface area contributed by atoms with Crippen LogP contribution in [0.5, 0.6) is 0 Å². The van der Waals surface area contributed by atoms with Crippen LogP contribution in [0.2, 0.25) is 5.02 Å². The van der Waals surface area contributed by atoms with Gasteiger partial charge in [-0.25, -0.2) is 0 Å². The minimum atomic E-state index is 0.311. The number of rotatable bonds is 6. The molecule has 21 heavy (non-hydrogen) atoms. The average Bonchev–Trinajstić information content (AvgIpc) is 2.47. The Balaban J connectivity index is 2.27. The Bertz CT molecular complexity index is 592. The van der Waals surface area contributed by atoms with Crippen LogP contribution in [-0.2, 0) is 6.42 Å². The van der Waals surface area contributed by atoms with Crippen LogP contribution >= 0.6 is 11.6 Å². The second-order valence-corrected chi connectivity index (χ2v) is 6.06. The van der Waals surface area contributed by atoms with E-state index >= 15 is 0 Å². The topological polar surface area (TPSA) is 12.0 Å². The van der Waals surface area contributed by atoms with Crippen LogP contribution in [0.1, 0.15) is 41.6 Å². The molecule has 0 radical (unpaired) electrons. The molecule has 1 unspecified atom stereocenters. The normalized spacial score (nSPS) is 12.4. The standard InChI is InChI=1S/C19H24ClN/c1-4-11-21-19(13-16-8-5-7-14(2)12-16)17-9-6-10-18(20)15(17)3/h5-10,12,19,21H,4,11,13H2,1-3H3. The predicted molar refractivity (Wildman–Crippen MR) is 92.1 cm³/mol. The summed E-state index contributed by atoms with van der Waals surface area (Å²) in [6.07, 6.45) is 2.12. The minimum absolute atomic E-state index is 0.311. The maximum absolute atomic E-state index is 6.29. The van der Waals surface area contributed by atoms with Crippen LogP contribution in [0.15, 0.2) is 42.5 Å². The van der Waals surface area contributed by atoms with Gasteiger partial charge in [0.15, 0.2) is 0 Å². The molecule has 0 amide bonds. The van der Waals surface area contributed by atoms with Crippen LogP contribution in [0.3, 0.4) is 0 Å². The van der Waals surface area contributed by atoms with Crippen LogP contribution in [0.25, 0.3) is 0 Å². The van der Waals surface area contributed by atoms with E-state index in [-0.39, 0.29) is 0 Å². The summed E-state index contributed by atoms with van der Waals surface area (Å²) in [6.45, 7) is 7.46. The molecule has 112 valence electrons. The van der Waals surface area contributed by atoms with Gasteiger partial charge in [-0.2, -0.15) is 0 Å². The van der Waals surface area contributed by atoms with Crippen molar-refractivity contribution in [1.82, 2.24) is 5.32 Å². The molecule has 0 spiro atoms. The van der Waals surface area contributed by atoms with Gasteiger partial charge in [0.1, 0.15) is 0 Å². The summed E-state index contributed by atoms with van der Waals surface area (Å²) in [5, 5.41) is 4.51. The van der Waals surface area contributed by atoms with E-state index < -0.39 is 0 Å². The molecule has 2 heteroatoms. The first-order valence-electron chi connectivity index (χ1n) is 7.65. The molecule has 0 saturated carbocycles. The van der Waals surface area contributed by atoms with Gasteiger partial charge < -0.3 is 5.32 Å². The van der Waals surface area contributed by atoms with Gasteiger partial charge in [-0.3, -0.25) is 0 Å². The zero-order valence-corrected chi connectivity index (χ0v) is 13.9.